The van der Waals surface area contributed by atoms with Gasteiger partial charge in [0.05, 0.1) is 0 Å². The van der Waals surface area contributed by atoms with Crippen LogP contribution in [-0.2, 0) is 0 Å². The lowest BCUT2D eigenvalue weighted by atomic mass is 10.1. The minimum atomic E-state index is -0.845. The van der Waals surface area contributed by atoms with Gasteiger partial charge in [0.2, 0.25) is 0 Å². The van der Waals surface area contributed by atoms with E-state index in [4.69, 9.17) is 16.0 Å². The van der Waals surface area contributed by atoms with Crippen molar-refractivity contribution in [1.82, 2.24) is 0 Å². The maximum Gasteiger partial charge on any atom is 0.169 e. The molecule has 0 aliphatic rings. The van der Waals surface area contributed by atoms with Crippen LogP contribution in [-0.4, -0.2) is 0 Å². The molecule has 0 bridgehead atoms. The molecule has 0 N–H and O–H groups in total. The average Bonchev–Trinajstić information content (AvgIpc) is 2.67. The smallest absolute Gasteiger partial charge is 0.169 e. The summed E-state index contributed by atoms with van der Waals surface area (Å²) in [5.41, 5.74) is 0.0588. The fraction of sp³-hybridized carbons (Fsp3) is 0.0909. The van der Waals surface area contributed by atoms with Gasteiger partial charge in [-0.05, 0) is 46.3 Å². The summed E-state index contributed by atoms with van der Waals surface area (Å²) < 4.78 is 32.1. The van der Waals surface area contributed by atoms with E-state index in [0.29, 0.717) is 10.4 Å². The van der Waals surface area contributed by atoms with Crippen LogP contribution in [0.15, 0.2) is 39.4 Å². The quantitative estimate of drug-likeness (QED) is 0.736. The maximum atomic E-state index is 13.4. The molecule has 0 saturated heterocycles. The lowest BCUT2D eigenvalue weighted by molar-refractivity contribution is 0.488. The minimum Gasteiger partial charge on any atom is -0.452 e. The van der Waals surface area contributed by atoms with Crippen LogP contribution < -0.4 is 0 Å². The van der Waals surface area contributed by atoms with Gasteiger partial charge < -0.3 is 4.42 Å². The number of halogens is 4. The highest BCUT2D eigenvalue weighted by atomic mass is 79.9. The SMILES string of the molecule is Fc1ccc(F)c(C(Cl)c2ccc(Br)o2)c1. The van der Waals surface area contributed by atoms with Crippen LogP contribution in [0.2, 0.25) is 0 Å². The fourth-order valence-corrected chi connectivity index (χ4v) is 1.93. The van der Waals surface area contributed by atoms with E-state index in [1.165, 1.54) is 0 Å². The van der Waals surface area contributed by atoms with E-state index in [1.807, 2.05) is 0 Å². The molecule has 1 unspecified atom stereocenters. The molecule has 0 radical (unpaired) electrons. The predicted octanol–water partition coefficient (Wildman–Crippen LogP) is 4.65. The first-order valence-corrected chi connectivity index (χ1v) is 5.65. The molecule has 0 amide bonds. The van der Waals surface area contributed by atoms with Gasteiger partial charge in [0.25, 0.3) is 0 Å². The Hall–Kier alpha value is -0.870. The number of furan rings is 1. The molecular weight excluding hydrogens is 301 g/mol. The largest absolute Gasteiger partial charge is 0.452 e. The van der Waals surface area contributed by atoms with Crippen LogP contribution in [0.3, 0.4) is 0 Å². The molecule has 1 aromatic heterocycles. The number of hydrogen-bond donors (Lipinski definition) is 0. The Morgan fingerprint density at radius 3 is 2.56 bits per heavy atom. The number of hydrogen-bond acceptors (Lipinski definition) is 1. The van der Waals surface area contributed by atoms with E-state index >= 15 is 0 Å². The normalized spacial score (nSPS) is 12.8. The summed E-state index contributed by atoms with van der Waals surface area (Å²) in [6, 6.07) is 6.38. The van der Waals surface area contributed by atoms with Crippen molar-refractivity contribution in [3.05, 3.63) is 58.0 Å². The topological polar surface area (TPSA) is 13.1 Å². The zero-order valence-corrected chi connectivity index (χ0v) is 10.2. The van der Waals surface area contributed by atoms with Gasteiger partial charge in [0.1, 0.15) is 22.8 Å². The minimum absolute atomic E-state index is 0.0588. The van der Waals surface area contributed by atoms with Gasteiger partial charge in [-0.25, -0.2) is 8.78 Å². The van der Waals surface area contributed by atoms with Crippen molar-refractivity contribution < 1.29 is 13.2 Å². The molecule has 2 rings (SSSR count). The molecule has 1 nitrogen and oxygen atoms in total. The molecule has 1 aromatic carbocycles. The van der Waals surface area contributed by atoms with Crippen LogP contribution in [0.5, 0.6) is 0 Å². The molecule has 0 spiro atoms. The highest BCUT2D eigenvalue weighted by Gasteiger charge is 2.19. The molecule has 0 aliphatic carbocycles. The van der Waals surface area contributed by atoms with Gasteiger partial charge in [-0.2, -0.15) is 0 Å². The zero-order chi connectivity index (χ0) is 11.7. The molecule has 0 aliphatic heterocycles. The monoisotopic (exact) mass is 306 g/mol. The number of benzene rings is 1. The second kappa shape index (κ2) is 4.55. The Balaban J connectivity index is 2.40. The maximum absolute atomic E-state index is 13.4. The van der Waals surface area contributed by atoms with Crippen molar-refractivity contribution in [1.29, 1.82) is 0 Å². The van der Waals surface area contributed by atoms with Crippen LogP contribution in [0, 0.1) is 11.6 Å². The number of rotatable bonds is 2. The fourth-order valence-electron chi connectivity index (χ4n) is 1.33. The first-order chi connectivity index (χ1) is 7.58. The van der Waals surface area contributed by atoms with E-state index in [0.717, 1.165) is 18.2 Å². The predicted molar refractivity (Wildman–Crippen MR) is 60.5 cm³/mol. The molecule has 84 valence electrons. The molecule has 5 heteroatoms. The van der Waals surface area contributed by atoms with Gasteiger partial charge >= 0.3 is 0 Å². The zero-order valence-electron chi connectivity index (χ0n) is 7.88. The summed E-state index contributed by atoms with van der Waals surface area (Å²) in [6.07, 6.45) is 0. The summed E-state index contributed by atoms with van der Waals surface area (Å²) in [5.74, 6) is -0.736. The third kappa shape index (κ3) is 2.28. The number of alkyl halides is 1. The molecule has 0 saturated carbocycles. The summed E-state index contributed by atoms with van der Waals surface area (Å²) >= 11 is 9.11. The van der Waals surface area contributed by atoms with Gasteiger partial charge in [-0.15, -0.1) is 11.6 Å². The summed E-state index contributed by atoms with van der Waals surface area (Å²) in [5, 5.41) is -0.845. The van der Waals surface area contributed by atoms with E-state index in [-0.39, 0.29) is 5.56 Å². The molecular formula is C11H6BrClF2O. The second-order valence-electron chi connectivity index (χ2n) is 3.17. The van der Waals surface area contributed by atoms with Gasteiger partial charge in [0.15, 0.2) is 4.67 Å². The van der Waals surface area contributed by atoms with Crippen LogP contribution in [0.25, 0.3) is 0 Å². The van der Waals surface area contributed by atoms with E-state index < -0.39 is 17.0 Å². The van der Waals surface area contributed by atoms with E-state index in [9.17, 15) is 8.78 Å². The summed E-state index contributed by atoms with van der Waals surface area (Å²) in [7, 11) is 0. The van der Waals surface area contributed by atoms with Crippen molar-refractivity contribution in [2.45, 2.75) is 5.38 Å². The van der Waals surface area contributed by atoms with E-state index in [2.05, 4.69) is 15.9 Å². The van der Waals surface area contributed by atoms with Crippen molar-refractivity contribution in [3.63, 3.8) is 0 Å². The van der Waals surface area contributed by atoms with Crippen molar-refractivity contribution in [2.75, 3.05) is 0 Å². The van der Waals surface area contributed by atoms with Crippen molar-refractivity contribution >= 4 is 27.5 Å². The molecule has 1 heterocycles. The second-order valence-corrected chi connectivity index (χ2v) is 4.39. The van der Waals surface area contributed by atoms with Gasteiger partial charge in [0, 0.05) is 5.56 Å². The van der Waals surface area contributed by atoms with Crippen molar-refractivity contribution in [3.8, 4) is 0 Å². The van der Waals surface area contributed by atoms with Crippen LogP contribution in [0.1, 0.15) is 16.7 Å². The Morgan fingerprint density at radius 1 is 1.19 bits per heavy atom. The first-order valence-electron chi connectivity index (χ1n) is 4.42. The third-order valence-corrected chi connectivity index (χ3v) is 2.95. The van der Waals surface area contributed by atoms with Gasteiger partial charge in [-0.3, -0.25) is 0 Å². The van der Waals surface area contributed by atoms with Gasteiger partial charge in [-0.1, -0.05) is 0 Å². The Bertz CT molecular complexity index is 512. The lowest BCUT2D eigenvalue weighted by Crippen LogP contribution is -1.96. The highest BCUT2D eigenvalue weighted by molar-refractivity contribution is 9.10. The van der Waals surface area contributed by atoms with Crippen LogP contribution in [0.4, 0.5) is 8.78 Å². The third-order valence-electron chi connectivity index (χ3n) is 2.07. The summed E-state index contributed by atoms with van der Waals surface area (Å²) in [4.78, 5) is 0. The Kier molecular flexibility index (Phi) is 3.30. The lowest BCUT2D eigenvalue weighted by Gasteiger charge is -2.08. The van der Waals surface area contributed by atoms with E-state index in [1.54, 1.807) is 12.1 Å². The average molecular weight is 308 g/mol. The molecule has 2 aromatic rings. The molecule has 1 atom stereocenters. The Morgan fingerprint density at radius 2 is 1.94 bits per heavy atom. The van der Waals surface area contributed by atoms with Crippen LogP contribution >= 0.6 is 27.5 Å². The summed E-state index contributed by atoms with van der Waals surface area (Å²) in [6.45, 7) is 0. The molecule has 16 heavy (non-hydrogen) atoms. The standard InChI is InChI=1S/C11H6BrClF2O/c12-10-4-3-9(16-10)11(13)7-5-6(14)1-2-8(7)15/h1-5,11H. The highest BCUT2D eigenvalue weighted by Crippen LogP contribution is 2.33. The molecule has 0 fully saturated rings. The Labute approximate surface area is 104 Å². The van der Waals surface area contributed by atoms with Crippen molar-refractivity contribution in [2.24, 2.45) is 0 Å². The first kappa shape index (κ1) is 11.6.